The van der Waals surface area contributed by atoms with E-state index in [0.717, 1.165) is 18.0 Å². The van der Waals surface area contributed by atoms with Crippen molar-refractivity contribution in [3.63, 3.8) is 0 Å². The predicted molar refractivity (Wildman–Crippen MR) is 69.1 cm³/mol. The lowest BCUT2D eigenvalue weighted by Crippen LogP contribution is -2.52. The van der Waals surface area contributed by atoms with Crippen LogP contribution in [0.4, 0.5) is 0 Å². The van der Waals surface area contributed by atoms with Gasteiger partial charge in [0.2, 0.25) is 0 Å². The summed E-state index contributed by atoms with van der Waals surface area (Å²) in [5.41, 5.74) is 0. The molecule has 98 valence electrons. The molecule has 2 aliphatic heterocycles. The van der Waals surface area contributed by atoms with Crippen molar-refractivity contribution in [2.45, 2.75) is 56.7 Å². The smallest absolute Gasteiger partial charge is 0.0586 e. The van der Waals surface area contributed by atoms with E-state index in [9.17, 15) is 0 Å². The molecule has 3 rings (SSSR count). The van der Waals surface area contributed by atoms with E-state index in [2.05, 4.69) is 10.2 Å². The first-order valence-electron chi connectivity index (χ1n) is 7.37. The van der Waals surface area contributed by atoms with Crippen LogP contribution in [0.2, 0.25) is 0 Å². The molecule has 4 unspecified atom stereocenters. The van der Waals surface area contributed by atoms with Gasteiger partial charge in [0, 0.05) is 25.7 Å². The van der Waals surface area contributed by atoms with E-state index in [1.54, 1.807) is 0 Å². The maximum atomic E-state index is 5.58. The van der Waals surface area contributed by atoms with Gasteiger partial charge in [0.05, 0.1) is 6.10 Å². The fourth-order valence-electron chi connectivity index (χ4n) is 4.19. The lowest BCUT2D eigenvalue weighted by atomic mass is 9.85. The summed E-state index contributed by atoms with van der Waals surface area (Å²) < 4.78 is 5.58. The average molecular weight is 238 g/mol. The van der Waals surface area contributed by atoms with Gasteiger partial charge in [-0.2, -0.15) is 0 Å². The van der Waals surface area contributed by atoms with Crippen molar-refractivity contribution in [1.82, 2.24) is 10.2 Å². The number of nitrogens with zero attached hydrogens (tertiary/aromatic N) is 1. The summed E-state index contributed by atoms with van der Waals surface area (Å²) in [4.78, 5) is 2.82. The van der Waals surface area contributed by atoms with E-state index in [-0.39, 0.29) is 0 Å². The Morgan fingerprint density at radius 1 is 1.12 bits per heavy atom. The molecule has 1 aliphatic carbocycles. The van der Waals surface area contributed by atoms with Gasteiger partial charge in [0.25, 0.3) is 0 Å². The lowest BCUT2D eigenvalue weighted by molar-refractivity contribution is -0.00137. The van der Waals surface area contributed by atoms with Gasteiger partial charge in [0.1, 0.15) is 0 Å². The van der Waals surface area contributed by atoms with Gasteiger partial charge < -0.3 is 10.1 Å². The number of ether oxygens (including phenoxy) is 1. The van der Waals surface area contributed by atoms with Gasteiger partial charge in [-0.25, -0.2) is 0 Å². The fraction of sp³-hybridized carbons (Fsp3) is 1.00. The number of rotatable bonds is 2. The minimum Gasteiger partial charge on any atom is -0.381 e. The topological polar surface area (TPSA) is 24.5 Å². The van der Waals surface area contributed by atoms with E-state index in [4.69, 9.17) is 4.74 Å². The summed E-state index contributed by atoms with van der Waals surface area (Å²) in [6.07, 6.45) is 8.63. The Morgan fingerprint density at radius 3 is 2.94 bits per heavy atom. The monoisotopic (exact) mass is 238 g/mol. The summed E-state index contributed by atoms with van der Waals surface area (Å²) in [5.74, 6) is 0.923. The molecule has 0 amide bonds. The molecule has 17 heavy (non-hydrogen) atoms. The zero-order valence-electron chi connectivity index (χ0n) is 11.0. The first-order chi connectivity index (χ1) is 8.38. The van der Waals surface area contributed by atoms with Crippen LogP contribution in [0.1, 0.15) is 38.5 Å². The number of nitrogens with one attached hydrogen (secondary N) is 1. The predicted octanol–water partition coefficient (Wildman–Crippen LogP) is 1.63. The minimum absolute atomic E-state index is 0.517. The Bertz CT molecular complexity index is 259. The van der Waals surface area contributed by atoms with Crippen molar-refractivity contribution in [2.24, 2.45) is 5.92 Å². The lowest BCUT2D eigenvalue weighted by Gasteiger charge is -2.45. The summed E-state index contributed by atoms with van der Waals surface area (Å²) in [6, 6.07) is 1.62. The van der Waals surface area contributed by atoms with Crippen molar-refractivity contribution >= 4 is 0 Å². The maximum absolute atomic E-state index is 5.58. The molecule has 0 bridgehead atoms. The SMILES string of the molecule is COC1CCCC(N2CCCC3CNCC32)C1. The molecule has 0 radical (unpaired) electrons. The van der Waals surface area contributed by atoms with Crippen molar-refractivity contribution < 1.29 is 4.74 Å². The molecular formula is C14H26N2O. The second-order valence-corrected chi connectivity index (χ2v) is 6.04. The highest BCUT2D eigenvalue weighted by molar-refractivity contribution is 4.95. The molecule has 3 fully saturated rings. The van der Waals surface area contributed by atoms with E-state index < -0.39 is 0 Å². The number of hydrogen-bond donors (Lipinski definition) is 1. The molecule has 3 nitrogen and oxygen atoms in total. The third-order valence-corrected chi connectivity index (χ3v) is 5.12. The highest BCUT2D eigenvalue weighted by Gasteiger charge is 2.39. The van der Waals surface area contributed by atoms with Crippen LogP contribution in [0.25, 0.3) is 0 Å². The standard InChI is InChI=1S/C14H26N2O/c1-17-13-6-2-5-12(8-13)16-7-3-4-11-9-15-10-14(11)16/h11-15H,2-10H2,1H3. The Hall–Kier alpha value is -0.120. The molecule has 1 N–H and O–H groups in total. The second kappa shape index (κ2) is 5.25. The Labute approximate surface area is 105 Å². The second-order valence-electron chi connectivity index (χ2n) is 6.04. The molecule has 0 spiro atoms. The quantitative estimate of drug-likeness (QED) is 0.791. The van der Waals surface area contributed by atoms with Gasteiger partial charge in [-0.3, -0.25) is 4.90 Å². The summed E-state index contributed by atoms with van der Waals surface area (Å²) >= 11 is 0. The van der Waals surface area contributed by atoms with Crippen LogP contribution in [-0.4, -0.2) is 49.8 Å². The fourth-order valence-corrected chi connectivity index (χ4v) is 4.19. The van der Waals surface area contributed by atoms with E-state index in [0.29, 0.717) is 6.10 Å². The molecule has 0 aromatic heterocycles. The molecule has 2 saturated heterocycles. The normalized spacial score (nSPS) is 43.6. The van der Waals surface area contributed by atoms with E-state index in [1.807, 2.05) is 7.11 Å². The van der Waals surface area contributed by atoms with E-state index in [1.165, 1.54) is 58.2 Å². The minimum atomic E-state index is 0.517. The maximum Gasteiger partial charge on any atom is 0.0586 e. The number of piperidine rings is 1. The zero-order chi connectivity index (χ0) is 11.7. The molecule has 0 aromatic rings. The van der Waals surface area contributed by atoms with Crippen LogP contribution in [0.15, 0.2) is 0 Å². The van der Waals surface area contributed by atoms with Crippen LogP contribution in [-0.2, 0) is 4.74 Å². The molecule has 3 aliphatic rings. The van der Waals surface area contributed by atoms with E-state index >= 15 is 0 Å². The first kappa shape index (κ1) is 11.9. The van der Waals surface area contributed by atoms with Crippen LogP contribution in [0, 0.1) is 5.92 Å². The third kappa shape index (κ3) is 2.38. The Morgan fingerprint density at radius 2 is 2.06 bits per heavy atom. The van der Waals surface area contributed by atoms with Crippen LogP contribution in [0.3, 0.4) is 0 Å². The van der Waals surface area contributed by atoms with Gasteiger partial charge in [-0.05, 0) is 57.5 Å². The van der Waals surface area contributed by atoms with Crippen LogP contribution in [0.5, 0.6) is 0 Å². The van der Waals surface area contributed by atoms with Gasteiger partial charge in [-0.15, -0.1) is 0 Å². The third-order valence-electron chi connectivity index (χ3n) is 5.12. The van der Waals surface area contributed by atoms with Crippen LogP contribution < -0.4 is 5.32 Å². The largest absolute Gasteiger partial charge is 0.381 e. The summed E-state index contributed by atoms with van der Waals surface area (Å²) in [7, 11) is 1.88. The molecular weight excluding hydrogens is 212 g/mol. The van der Waals surface area contributed by atoms with Crippen molar-refractivity contribution in [3.8, 4) is 0 Å². The van der Waals surface area contributed by atoms with Crippen molar-refractivity contribution in [3.05, 3.63) is 0 Å². The van der Waals surface area contributed by atoms with Crippen molar-refractivity contribution in [2.75, 3.05) is 26.7 Å². The highest BCUT2D eigenvalue weighted by atomic mass is 16.5. The highest BCUT2D eigenvalue weighted by Crippen LogP contribution is 2.33. The molecule has 2 heterocycles. The summed E-state index contributed by atoms with van der Waals surface area (Å²) in [5, 5.41) is 3.59. The number of fused-ring (bicyclic) bond motifs is 1. The molecule has 1 saturated carbocycles. The van der Waals surface area contributed by atoms with Gasteiger partial charge in [-0.1, -0.05) is 0 Å². The molecule has 4 atom stereocenters. The van der Waals surface area contributed by atoms with Crippen LogP contribution >= 0.6 is 0 Å². The number of hydrogen-bond acceptors (Lipinski definition) is 3. The molecule has 3 heteroatoms. The van der Waals surface area contributed by atoms with Gasteiger partial charge in [0.15, 0.2) is 0 Å². The first-order valence-corrected chi connectivity index (χ1v) is 7.37. The van der Waals surface area contributed by atoms with Crippen molar-refractivity contribution in [1.29, 1.82) is 0 Å². The summed E-state index contributed by atoms with van der Waals surface area (Å²) in [6.45, 7) is 3.80. The zero-order valence-corrected chi connectivity index (χ0v) is 11.0. The average Bonchev–Trinajstić information content (AvgIpc) is 2.87. The number of methoxy groups -OCH3 is 1. The Kier molecular flexibility index (Phi) is 3.69. The number of likely N-dealkylation sites (tertiary alicyclic amines) is 1. The Balaban J connectivity index is 1.65. The van der Waals surface area contributed by atoms with Gasteiger partial charge >= 0.3 is 0 Å². The molecule has 0 aromatic carbocycles.